The highest BCUT2D eigenvalue weighted by molar-refractivity contribution is 7.92. The maximum Gasteiger partial charge on any atom is 0.262 e. The predicted octanol–water partition coefficient (Wildman–Crippen LogP) is 3.54. The van der Waals surface area contributed by atoms with E-state index in [0.29, 0.717) is 42.6 Å². The normalized spacial score (nSPS) is 12.7. The van der Waals surface area contributed by atoms with Gasteiger partial charge in [0.1, 0.15) is 19.0 Å². The minimum absolute atomic E-state index is 0.0404. The van der Waals surface area contributed by atoms with Crippen LogP contribution in [-0.4, -0.2) is 46.6 Å². The van der Waals surface area contributed by atoms with E-state index < -0.39 is 10.0 Å². The van der Waals surface area contributed by atoms with Crippen LogP contribution in [0.3, 0.4) is 0 Å². The van der Waals surface area contributed by atoms with Gasteiger partial charge in [0.05, 0.1) is 12.0 Å². The van der Waals surface area contributed by atoms with E-state index in [1.165, 1.54) is 18.2 Å². The van der Waals surface area contributed by atoms with Crippen LogP contribution in [0.1, 0.15) is 15.9 Å². The van der Waals surface area contributed by atoms with Crippen molar-refractivity contribution in [2.24, 2.45) is 0 Å². The molecule has 0 fully saturated rings. The largest absolute Gasteiger partial charge is 0.497 e. The molecule has 1 aliphatic rings. The molecule has 0 aliphatic carbocycles. The summed E-state index contributed by atoms with van der Waals surface area (Å²) in [5.41, 5.74) is 1.56. The molecule has 1 amide bonds. The van der Waals surface area contributed by atoms with Gasteiger partial charge in [-0.25, -0.2) is 8.42 Å². The molecule has 1 N–H and O–H groups in total. The monoisotopic (exact) mass is 468 g/mol. The van der Waals surface area contributed by atoms with Crippen molar-refractivity contribution in [3.05, 3.63) is 77.9 Å². The Kier molecular flexibility index (Phi) is 6.41. The lowest BCUT2D eigenvalue weighted by atomic mass is 10.1. The molecule has 0 saturated carbocycles. The van der Waals surface area contributed by atoms with E-state index in [-0.39, 0.29) is 16.5 Å². The second kappa shape index (κ2) is 9.41. The van der Waals surface area contributed by atoms with E-state index in [9.17, 15) is 13.2 Å². The predicted molar refractivity (Wildman–Crippen MR) is 123 cm³/mol. The van der Waals surface area contributed by atoms with Crippen molar-refractivity contribution >= 4 is 21.6 Å². The summed E-state index contributed by atoms with van der Waals surface area (Å²) in [4.78, 5) is 14.5. The van der Waals surface area contributed by atoms with Crippen molar-refractivity contribution < 1.29 is 27.4 Å². The molecule has 0 atom stereocenters. The van der Waals surface area contributed by atoms with Gasteiger partial charge in [-0.1, -0.05) is 18.2 Å². The number of fused-ring (bicyclic) bond motifs is 1. The zero-order valence-corrected chi connectivity index (χ0v) is 19.1. The van der Waals surface area contributed by atoms with Crippen molar-refractivity contribution in [3.8, 4) is 17.2 Å². The van der Waals surface area contributed by atoms with Gasteiger partial charge in [-0.05, 0) is 48.0 Å². The average molecular weight is 469 g/mol. The van der Waals surface area contributed by atoms with Crippen LogP contribution in [0, 0.1) is 0 Å². The molecule has 3 aromatic carbocycles. The summed E-state index contributed by atoms with van der Waals surface area (Å²) in [7, 11) is -0.613. The van der Waals surface area contributed by atoms with Crippen LogP contribution in [0.15, 0.2) is 71.6 Å². The third kappa shape index (κ3) is 5.20. The number of methoxy groups -OCH3 is 1. The Morgan fingerprint density at radius 1 is 1.00 bits per heavy atom. The molecule has 9 heteroatoms. The van der Waals surface area contributed by atoms with Gasteiger partial charge in [0, 0.05) is 30.9 Å². The second-order valence-corrected chi connectivity index (χ2v) is 9.19. The van der Waals surface area contributed by atoms with Crippen molar-refractivity contribution in [3.63, 3.8) is 0 Å². The Balaban J connectivity index is 1.49. The van der Waals surface area contributed by atoms with Gasteiger partial charge in [0.15, 0.2) is 11.5 Å². The minimum Gasteiger partial charge on any atom is -0.497 e. The molecule has 8 nitrogen and oxygen atoms in total. The molecule has 0 saturated heterocycles. The number of carbonyl (C=O) groups excluding carboxylic acids is 1. The summed E-state index contributed by atoms with van der Waals surface area (Å²) in [5, 5.41) is 0. The van der Waals surface area contributed by atoms with Crippen LogP contribution >= 0.6 is 0 Å². The number of benzene rings is 3. The Labute approximate surface area is 192 Å². The van der Waals surface area contributed by atoms with E-state index in [1.54, 1.807) is 43.3 Å². The highest BCUT2D eigenvalue weighted by atomic mass is 32.2. The van der Waals surface area contributed by atoms with Crippen LogP contribution in [0.2, 0.25) is 0 Å². The SMILES string of the molecule is COc1cccc(CN(C)C(=O)c2cccc(NS(=O)(=O)c3ccc4c(c3)OCCO4)c2)c1. The Bertz CT molecular complexity index is 1280. The first-order chi connectivity index (χ1) is 15.9. The number of sulfonamides is 1. The molecule has 33 heavy (non-hydrogen) atoms. The maximum absolute atomic E-state index is 12.9. The van der Waals surface area contributed by atoms with Gasteiger partial charge in [-0.15, -0.1) is 0 Å². The fourth-order valence-corrected chi connectivity index (χ4v) is 4.52. The highest BCUT2D eigenvalue weighted by Gasteiger charge is 2.20. The van der Waals surface area contributed by atoms with Gasteiger partial charge in [-0.2, -0.15) is 0 Å². The van der Waals surface area contributed by atoms with Crippen LogP contribution in [0.25, 0.3) is 0 Å². The van der Waals surface area contributed by atoms with Crippen LogP contribution in [0.4, 0.5) is 5.69 Å². The molecule has 172 valence electrons. The number of amides is 1. The van der Waals surface area contributed by atoms with Gasteiger partial charge >= 0.3 is 0 Å². The van der Waals surface area contributed by atoms with Crippen molar-refractivity contribution in [1.82, 2.24) is 4.90 Å². The summed E-state index contributed by atoms with van der Waals surface area (Å²) in [6.07, 6.45) is 0. The van der Waals surface area contributed by atoms with Crippen LogP contribution in [0.5, 0.6) is 17.2 Å². The summed E-state index contributed by atoms with van der Waals surface area (Å²) in [6.45, 7) is 1.16. The van der Waals surface area contributed by atoms with E-state index in [4.69, 9.17) is 14.2 Å². The zero-order valence-electron chi connectivity index (χ0n) is 18.3. The van der Waals surface area contributed by atoms with Crippen LogP contribution < -0.4 is 18.9 Å². The number of ether oxygens (including phenoxy) is 3. The molecule has 3 aromatic rings. The Morgan fingerprint density at radius 3 is 2.55 bits per heavy atom. The molecule has 4 rings (SSSR count). The number of hydrogen-bond donors (Lipinski definition) is 1. The van der Waals surface area contributed by atoms with Crippen molar-refractivity contribution in [1.29, 1.82) is 0 Å². The van der Waals surface area contributed by atoms with E-state index in [1.807, 2.05) is 24.3 Å². The number of rotatable bonds is 7. The number of carbonyl (C=O) groups is 1. The number of nitrogens with one attached hydrogen (secondary N) is 1. The third-order valence-corrected chi connectivity index (χ3v) is 6.47. The lowest BCUT2D eigenvalue weighted by Crippen LogP contribution is -2.26. The number of nitrogens with zero attached hydrogens (tertiary/aromatic N) is 1. The maximum atomic E-state index is 12.9. The van der Waals surface area contributed by atoms with Gasteiger partial charge in [-0.3, -0.25) is 9.52 Å². The van der Waals surface area contributed by atoms with E-state index in [0.717, 1.165) is 5.56 Å². The molecule has 1 aliphatic heterocycles. The first kappa shape index (κ1) is 22.5. The molecular formula is C24H24N2O6S. The average Bonchev–Trinajstić information content (AvgIpc) is 2.83. The Hall–Kier alpha value is -3.72. The fourth-order valence-electron chi connectivity index (χ4n) is 3.46. The lowest BCUT2D eigenvalue weighted by Gasteiger charge is -2.19. The lowest BCUT2D eigenvalue weighted by molar-refractivity contribution is 0.0785. The number of anilines is 1. The summed E-state index contributed by atoms with van der Waals surface area (Å²) in [5.74, 6) is 1.36. The van der Waals surface area contributed by atoms with Crippen molar-refractivity contribution in [2.45, 2.75) is 11.4 Å². The van der Waals surface area contributed by atoms with Crippen LogP contribution in [-0.2, 0) is 16.6 Å². The fraction of sp³-hybridized carbons (Fsp3) is 0.208. The smallest absolute Gasteiger partial charge is 0.262 e. The molecule has 0 aromatic heterocycles. The third-order valence-electron chi connectivity index (χ3n) is 5.09. The van der Waals surface area contributed by atoms with Gasteiger partial charge < -0.3 is 19.1 Å². The minimum atomic E-state index is -3.89. The van der Waals surface area contributed by atoms with E-state index in [2.05, 4.69) is 4.72 Å². The topological polar surface area (TPSA) is 94.2 Å². The number of hydrogen-bond acceptors (Lipinski definition) is 6. The molecule has 0 radical (unpaired) electrons. The molecular weight excluding hydrogens is 444 g/mol. The van der Waals surface area contributed by atoms with Gasteiger partial charge in [0.25, 0.3) is 15.9 Å². The molecule has 0 bridgehead atoms. The molecule has 0 unspecified atom stereocenters. The highest BCUT2D eigenvalue weighted by Crippen LogP contribution is 2.32. The van der Waals surface area contributed by atoms with Gasteiger partial charge in [0.2, 0.25) is 0 Å². The summed E-state index contributed by atoms with van der Waals surface area (Å²) in [6, 6.07) is 18.3. The first-order valence-corrected chi connectivity index (χ1v) is 11.7. The molecule has 1 heterocycles. The van der Waals surface area contributed by atoms with Crippen molar-refractivity contribution in [2.75, 3.05) is 32.1 Å². The summed E-state index contributed by atoms with van der Waals surface area (Å²) < 4.78 is 44.4. The quantitative estimate of drug-likeness (QED) is 0.570. The second-order valence-electron chi connectivity index (χ2n) is 7.50. The standard InChI is InChI=1S/C24H24N2O6S/c1-26(16-17-5-3-8-20(13-17)30-2)24(27)18-6-4-7-19(14-18)25-33(28,29)21-9-10-22-23(15-21)32-12-11-31-22/h3-10,13-15,25H,11-12,16H2,1-2H3. The first-order valence-electron chi connectivity index (χ1n) is 10.3. The molecule has 0 spiro atoms. The Morgan fingerprint density at radius 2 is 1.76 bits per heavy atom. The summed E-state index contributed by atoms with van der Waals surface area (Å²) >= 11 is 0. The zero-order chi connectivity index (χ0) is 23.4. The van der Waals surface area contributed by atoms with E-state index >= 15 is 0 Å².